The smallest absolute Gasteiger partial charge is 0.160 e. The van der Waals surface area contributed by atoms with Crippen LogP contribution in [0.4, 0.5) is 5.82 Å². The van der Waals surface area contributed by atoms with Crippen LogP contribution in [0.5, 0.6) is 5.75 Å². The van der Waals surface area contributed by atoms with Crippen molar-refractivity contribution in [3.8, 4) is 17.0 Å². The Hall–Kier alpha value is -1.49. The minimum absolute atomic E-state index is 0.480. The van der Waals surface area contributed by atoms with Gasteiger partial charge in [0.15, 0.2) is 5.82 Å². The van der Waals surface area contributed by atoms with E-state index >= 15 is 0 Å². The molecule has 0 aliphatic carbocycles. The molecule has 0 aliphatic rings. The van der Waals surface area contributed by atoms with Gasteiger partial charge < -0.3 is 10.5 Å². The van der Waals surface area contributed by atoms with Gasteiger partial charge in [-0.25, -0.2) is 0 Å². The summed E-state index contributed by atoms with van der Waals surface area (Å²) in [5, 5.41) is 4.21. The minimum atomic E-state index is 0.480. The van der Waals surface area contributed by atoms with Crippen LogP contribution in [0.3, 0.4) is 0 Å². The van der Waals surface area contributed by atoms with E-state index in [0.29, 0.717) is 5.82 Å². The van der Waals surface area contributed by atoms with Crippen LogP contribution in [-0.4, -0.2) is 16.9 Å². The van der Waals surface area contributed by atoms with E-state index in [9.17, 15) is 0 Å². The van der Waals surface area contributed by atoms with Crippen molar-refractivity contribution >= 4 is 21.7 Å². The fraction of sp³-hybridized carbons (Fsp3) is 0.308. The highest BCUT2D eigenvalue weighted by Crippen LogP contribution is 2.39. The molecule has 1 aromatic heterocycles. The maximum absolute atomic E-state index is 5.83. The van der Waals surface area contributed by atoms with E-state index in [1.807, 2.05) is 14.0 Å². The van der Waals surface area contributed by atoms with Crippen LogP contribution in [-0.2, 0) is 7.05 Å². The second kappa shape index (κ2) is 4.65. The van der Waals surface area contributed by atoms with E-state index in [1.165, 1.54) is 5.56 Å². The first-order chi connectivity index (χ1) is 8.45. The Balaban J connectivity index is 2.78. The van der Waals surface area contributed by atoms with Gasteiger partial charge in [0, 0.05) is 12.6 Å². The number of nitrogens with two attached hydrogens (primary N) is 1. The van der Waals surface area contributed by atoms with Crippen LogP contribution in [0.25, 0.3) is 11.3 Å². The van der Waals surface area contributed by atoms with E-state index in [-0.39, 0.29) is 0 Å². The number of nitrogen functional groups attached to an aromatic ring is 1. The first kappa shape index (κ1) is 13.0. The minimum Gasteiger partial charge on any atom is -0.496 e. The number of aryl methyl sites for hydroxylation is 3. The molecule has 0 fully saturated rings. The predicted octanol–water partition coefficient (Wildman–Crippen LogP) is 3.06. The first-order valence-corrected chi connectivity index (χ1v) is 6.38. The van der Waals surface area contributed by atoms with Gasteiger partial charge in [-0.05, 0) is 47.0 Å². The molecule has 4 nitrogen and oxygen atoms in total. The Morgan fingerprint density at radius 1 is 1.33 bits per heavy atom. The molecule has 0 unspecified atom stereocenters. The summed E-state index contributed by atoms with van der Waals surface area (Å²) in [7, 11) is 3.54. The highest BCUT2D eigenvalue weighted by Gasteiger charge is 2.18. The normalized spacial score (nSPS) is 10.7. The van der Waals surface area contributed by atoms with E-state index in [2.05, 4.69) is 40.1 Å². The Morgan fingerprint density at radius 2 is 2.00 bits per heavy atom. The molecule has 2 N–H and O–H groups in total. The van der Waals surface area contributed by atoms with Gasteiger partial charge in [-0.2, -0.15) is 5.10 Å². The van der Waals surface area contributed by atoms with Crippen molar-refractivity contribution in [2.75, 3.05) is 12.8 Å². The van der Waals surface area contributed by atoms with E-state index in [0.717, 1.165) is 27.0 Å². The second-order valence-corrected chi connectivity index (χ2v) is 5.13. The molecule has 1 aromatic carbocycles. The van der Waals surface area contributed by atoms with Crippen LogP contribution in [0, 0.1) is 13.8 Å². The fourth-order valence-electron chi connectivity index (χ4n) is 2.21. The summed E-state index contributed by atoms with van der Waals surface area (Å²) >= 11 is 3.49. The molecule has 0 aliphatic heterocycles. The Bertz CT molecular complexity index is 605. The van der Waals surface area contributed by atoms with Gasteiger partial charge in [-0.15, -0.1) is 0 Å². The molecule has 1 heterocycles. The molecular weight excluding hydrogens is 294 g/mol. The molecule has 5 heteroatoms. The quantitative estimate of drug-likeness (QED) is 0.927. The SMILES string of the molecule is COc1c(C)cc(C)cc1-c1c(Br)c(N)nn1C. The van der Waals surface area contributed by atoms with Crippen molar-refractivity contribution in [1.82, 2.24) is 9.78 Å². The number of hydrogen-bond acceptors (Lipinski definition) is 3. The molecule has 2 aromatic rings. The fourth-order valence-corrected chi connectivity index (χ4v) is 2.76. The van der Waals surface area contributed by atoms with Crippen molar-refractivity contribution in [3.05, 3.63) is 27.7 Å². The van der Waals surface area contributed by atoms with Gasteiger partial charge in [0.05, 0.1) is 17.3 Å². The number of benzene rings is 1. The predicted molar refractivity (Wildman–Crippen MR) is 76.8 cm³/mol. The van der Waals surface area contributed by atoms with Crippen LogP contribution in [0.2, 0.25) is 0 Å². The molecule has 0 bridgehead atoms. The molecule has 0 atom stereocenters. The molecule has 0 saturated carbocycles. The number of ether oxygens (including phenoxy) is 1. The van der Waals surface area contributed by atoms with Gasteiger partial charge in [0.1, 0.15) is 5.75 Å². The van der Waals surface area contributed by atoms with Gasteiger partial charge in [0.25, 0.3) is 0 Å². The highest BCUT2D eigenvalue weighted by molar-refractivity contribution is 9.10. The average molecular weight is 310 g/mol. The monoisotopic (exact) mass is 309 g/mol. The third-order valence-corrected chi connectivity index (χ3v) is 3.67. The lowest BCUT2D eigenvalue weighted by atomic mass is 10.0. The number of rotatable bonds is 2. The zero-order chi connectivity index (χ0) is 13.4. The number of aromatic nitrogens is 2. The average Bonchev–Trinajstić information content (AvgIpc) is 2.52. The molecule has 0 amide bonds. The molecular formula is C13H16BrN3O. The van der Waals surface area contributed by atoms with Crippen molar-refractivity contribution in [3.63, 3.8) is 0 Å². The van der Waals surface area contributed by atoms with Gasteiger partial charge >= 0.3 is 0 Å². The van der Waals surface area contributed by atoms with Gasteiger partial charge in [0.2, 0.25) is 0 Å². The summed E-state index contributed by atoms with van der Waals surface area (Å²) in [5.41, 5.74) is 10.0. The van der Waals surface area contributed by atoms with Crippen molar-refractivity contribution in [1.29, 1.82) is 0 Å². The summed E-state index contributed by atoms with van der Waals surface area (Å²) in [6.07, 6.45) is 0. The van der Waals surface area contributed by atoms with Gasteiger partial charge in [-0.3, -0.25) is 4.68 Å². The third-order valence-electron chi connectivity index (χ3n) is 2.89. The second-order valence-electron chi connectivity index (χ2n) is 4.33. The number of anilines is 1. The molecule has 0 saturated heterocycles. The van der Waals surface area contributed by atoms with Crippen LogP contribution >= 0.6 is 15.9 Å². The molecule has 0 spiro atoms. The van der Waals surface area contributed by atoms with Gasteiger partial charge in [-0.1, -0.05) is 6.07 Å². The van der Waals surface area contributed by atoms with Crippen LogP contribution in [0.1, 0.15) is 11.1 Å². The Morgan fingerprint density at radius 3 is 2.50 bits per heavy atom. The van der Waals surface area contributed by atoms with Crippen molar-refractivity contribution in [2.24, 2.45) is 7.05 Å². The zero-order valence-corrected chi connectivity index (χ0v) is 12.5. The Labute approximate surface area is 115 Å². The standard InChI is InChI=1S/C13H16BrN3O/c1-7-5-8(2)12(18-4)9(6-7)11-10(14)13(15)16-17(11)3/h5-6H,1-4H3,(H2,15,16). The lowest BCUT2D eigenvalue weighted by Gasteiger charge is -2.13. The van der Waals surface area contributed by atoms with E-state index in [4.69, 9.17) is 10.5 Å². The number of hydrogen-bond donors (Lipinski definition) is 1. The lowest BCUT2D eigenvalue weighted by molar-refractivity contribution is 0.413. The number of nitrogens with zero attached hydrogens (tertiary/aromatic N) is 2. The highest BCUT2D eigenvalue weighted by atomic mass is 79.9. The summed E-state index contributed by atoms with van der Waals surface area (Å²) in [4.78, 5) is 0. The maximum Gasteiger partial charge on any atom is 0.160 e. The topological polar surface area (TPSA) is 53.1 Å². The summed E-state index contributed by atoms with van der Waals surface area (Å²) in [6.45, 7) is 4.09. The third kappa shape index (κ3) is 1.99. The van der Waals surface area contributed by atoms with Crippen LogP contribution < -0.4 is 10.5 Å². The zero-order valence-electron chi connectivity index (χ0n) is 10.9. The molecule has 18 heavy (non-hydrogen) atoms. The molecule has 2 rings (SSSR count). The first-order valence-electron chi connectivity index (χ1n) is 5.59. The summed E-state index contributed by atoms with van der Waals surface area (Å²) in [5.74, 6) is 1.33. The Kier molecular flexibility index (Phi) is 3.34. The largest absolute Gasteiger partial charge is 0.496 e. The molecule has 0 radical (unpaired) electrons. The van der Waals surface area contributed by atoms with E-state index < -0.39 is 0 Å². The summed E-state index contributed by atoms with van der Waals surface area (Å²) < 4.78 is 8.06. The van der Waals surface area contributed by atoms with E-state index in [1.54, 1.807) is 11.8 Å². The number of methoxy groups -OCH3 is 1. The van der Waals surface area contributed by atoms with Crippen molar-refractivity contribution < 1.29 is 4.74 Å². The lowest BCUT2D eigenvalue weighted by Crippen LogP contribution is -1.98. The summed E-state index contributed by atoms with van der Waals surface area (Å²) in [6, 6.07) is 4.17. The number of halogens is 1. The van der Waals surface area contributed by atoms with Crippen molar-refractivity contribution in [2.45, 2.75) is 13.8 Å². The maximum atomic E-state index is 5.83. The van der Waals surface area contributed by atoms with Crippen LogP contribution in [0.15, 0.2) is 16.6 Å². The molecule has 96 valence electrons.